The summed E-state index contributed by atoms with van der Waals surface area (Å²) < 4.78 is 5.43. The van der Waals surface area contributed by atoms with Gasteiger partial charge in [0, 0.05) is 11.1 Å². The van der Waals surface area contributed by atoms with Crippen molar-refractivity contribution in [3.8, 4) is 24.2 Å². The number of benzene rings is 2. The lowest BCUT2D eigenvalue weighted by atomic mass is 10.0. The zero-order valence-corrected chi connectivity index (χ0v) is 12.7. The minimum atomic E-state index is -0.317. The van der Waals surface area contributed by atoms with Crippen molar-refractivity contribution >= 4 is 11.9 Å². The number of nitriles is 1. The van der Waals surface area contributed by atoms with Crippen LogP contribution >= 0.6 is 0 Å². The van der Waals surface area contributed by atoms with E-state index in [0.29, 0.717) is 16.9 Å². The lowest BCUT2D eigenvalue weighted by Gasteiger charge is -2.07. The van der Waals surface area contributed by atoms with E-state index in [1.165, 1.54) is 6.08 Å². The average Bonchev–Trinajstić information content (AvgIpc) is 2.58. The fourth-order valence-corrected chi connectivity index (χ4v) is 2.10. The fraction of sp³-hybridized carbons (Fsp3) is 0.100. The first-order valence-electron chi connectivity index (χ1n) is 7.04. The van der Waals surface area contributed by atoms with Crippen LogP contribution in [0, 0.1) is 30.6 Å². The van der Waals surface area contributed by atoms with Crippen molar-refractivity contribution in [2.45, 2.75) is 6.92 Å². The van der Waals surface area contributed by atoms with Crippen molar-refractivity contribution in [3.63, 3.8) is 0 Å². The predicted octanol–water partition coefficient (Wildman–Crippen LogP) is 3.80. The third-order valence-corrected chi connectivity index (χ3v) is 3.18. The minimum absolute atomic E-state index is 0.0485. The van der Waals surface area contributed by atoms with Crippen LogP contribution in [0.2, 0.25) is 0 Å². The number of carbonyl (C=O) groups is 1. The molecule has 0 aliphatic heterocycles. The summed E-state index contributed by atoms with van der Waals surface area (Å²) in [4.78, 5) is 12.5. The number of Topliss-reactive ketones (excluding diaryl/α,β-unsaturated/α-hetero) is 1. The number of terminal acetylenes is 1. The van der Waals surface area contributed by atoms with Gasteiger partial charge in [-0.2, -0.15) is 5.26 Å². The first-order chi connectivity index (χ1) is 11.2. The summed E-state index contributed by atoms with van der Waals surface area (Å²) in [6.07, 6.45) is 6.72. The third kappa shape index (κ3) is 4.09. The van der Waals surface area contributed by atoms with E-state index in [0.717, 1.165) is 5.56 Å². The van der Waals surface area contributed by atoms with E-state index in [4.69, 9.17) is 11.2 Å². The Morgan fingerprint density at radius 3 is 2.74 bits per heavy atom. The van der Waals surface area contributed by atoms with Gasteiger partial charge < -0.3 is 4.74 Å². The van der Waals surface area contributed by atoms with Crippen LogP contribution in [0.4, 0.5) is 0 Å². The maximum absolute atomic E-state index is 12.5. The SMILES string of the molecule is C#CCOc1ccccc1/C=C(\C#N)C(=O)c1cccc(C)c1. The van der Waals surface area contributed by atoms with Crippen molar-refractivity contribution in [3.05, 3.63) is 70.8 Å². The highest BCUT2D eigenvalue weighted by Gasteiger charge is 2.13. The molecule has 0 radical (unpaired) electrons. The van der Waals surface area contributed by atoms with Crippen LogP contribution < -0.4 is 4.74 Å². The molecule has 2 rings (SSSR count). The number of hydrogen-bond donors (Lipinski definition) is 0. The van der Waals surface area contributed by atoms with Gasteiger partial charge in [-0.3, -0.25) is 4.79 Å². The van der Waals surface area contributed by atoms with Gasteiger partial charge in [0.05, 0.1) is 0 Å². The number of rotatable bonds is 5. The summed E-state index contributed by atoms with van der Waals surface area (Å²) in [5.41, 5.74) is 2.14. The zero-order valence-electron chi connectivity index (χ0n) is 12.7. The Bertz CT molecular complexity index is 835. The highest BCUT2D eigenvalue weighted by atomic mass is 16.5. The number of para-hydroxylation sites is 1. The standard InChI is InChI=1S/C20H15NO2/c1-3-11-23-19-10-5-4-8-16(19)13-18(14-21)20(22)17-9-6-7-15(2)12-17/h1,4-10,12-13H,11H2,2H3/b18-13+. The van der Waals surface area contributed by atoms with E-state index in [9.17, 15) is 10.1 Å². The molecule has 112 valence electrons. The fourth-order valence-electron chi connectivity index (χ4n) is 2.10. The molecule has 0 aromatic heterocycles. The molecule has 0 bridgehead atoms. The number of carbonyl (C=O) groups excluding carboxylic acids is 1. The highest BCUT2D eigenvalue weighted by Crippen LogP contribution is 2.22. The van der Waals surface area contributed by atoms with Gasteiger partial charge in [-0.25, -0.2) is 0 Å². The third-order valence-electron chi connectivity index (χ3n) is 3.18. The molecule has 23 heavy (non-hydrogen) atoms. The van der Waals surface area contributed by atoms with Gasteiger partial charge in [0.15, 0.2) is 0 Å². The summed E-state index contributed by atoms with van der Waals surface area (Å²) in [6, 6.07) is 16.2. The highest BCUT2D eigenvalue weighted by molar-refractivity contribution is 6.14. The maximum Gasteiger partial charge on any atom is 0.203 e. The molecule has 3 nitrogen and oxygen atoms in total. The Kier molecular flexibility index (Phi) is 5.34. The summed E-state index contributed by atoms with van der Waals surface area (Å²) in [5, 5.41) is 9.34. The van der Waals surface area contributed by atoms with Gasteiger partial charge >= 0.3 is 0 Å². The van der Waals surface area contributed by atoms with Crippen molar-refractivity contribution in [2.75, 3.05) is 6.61 Å². The predicted molar refractivity (Wildman–Crippen MR) is 89.9 cm³/mol. The van der Waals surface area contributed by atoms with Gasteiger partial charge in [0.1, 0.15) is 24.0 Å². The van der Waals surface area contributed by atoms with E-state index >= 15 is 0 Å². The van der Waals surface area contributed by atoms with E-state index < -0.39 is 0 Å². The molecule has 0 atom stereocenters. The molecule has 0 heterocycles. The van der Waals surface area contributed by atoms with Crippen molar-refractivity contribution < 1.29 is 9.53 Å². The summed E-state index contributed by atoms with van der Waals surface area (Å²) in [6.45, 7) is 2.02. The van der Waals surface area contributed by atoms with Crippen molar-refractivity contribution in [1.29, 1.82) is 5.26 Å². The molecule has 0 aliphatic carbocycles. The quantitative estimate of drug-likeness (QED) is 0.365. The topological polar surface area (TPSA) is 50.1 Å². The van der Waals surface area contributed by atoms with E-state index in [2.05, 4.69) is 5.92 Å². The van der Waals surface area contributed by atoms with Crippen LogP contribution in [0.15, 0.2) is 54.1 Å². The Morgan fingerprint density at radius 1 is 1.26 bits per heavy atom. The number of allylic oxidation sites excluding steroid dienone is 1. The van der Waals surface area contributed by atoms with Crippen molar-refractivity contribution in [1.82, 2.24) is 0 Å². The number of ether oxygens (including phenoxy) is 1. The van der Waals surface area contributed by atoms with E-state index in [1.807, 2.05) is 19.1 Å². The van der Waals surface area contributed by atoms with E-state index in [1.54, 1.807) is 42.5 Å². The van der Waals surface area contributed by atoms with Gasteiger partial charge in [-0.05, 0) is 25.1 Å². The van der Waals surface area contributed by atoms with Crippen LogP contribution in [0.3, 0.4) is 0 Å². The number of nitrogens with zero attached hydrogens (tertiary/aromatic N) is 1. The maximum atomic E-state index is 12.5. The van der Waals surface area contributed by atoms with Gasteiger partial charge in [0.25, 0.3) is 0 Å². The van der Waals surface area contributed by atoms with Gasteiger partial charge in [-0.1, -0.05) is 47.9 Å². The molecule has 0 saturated heterocycles. The molecule has 3 heteroatoms. The van der Waals surface area contributed by atoms with Crippen LogP contribution in [-0.2, 0) is 0 Å². The second-order valence-corrected chi connectivity index (χ2v) is 4.90. The first kappa shape index (κ1) is 16.1. The van der Waals surface area contributed by atoms with Crippen molar-refractivity contribution in [2.24, 2.45) is 0 Å². The van der Waals surface area contributed by atoms with Crippen LogP contribution in [0.5, 0.6) is 5.75 Å². The molecule has 0 amide bonds. The molecule has 0 unspecified atom stereocenters. The Balaban J connectivity index is 2.38. The smallest absolute Gasteiger partial charge is 0.203 e. The number of hydrogen-bond acceptors (Lipinski definition) is 3. The molecule has 2 aromatic rings. The van der Waals surface area contributed by atoms with E-state index in [-0.39, 0.29) is 18.0 Å². The molecular weight excluding hydrogens is 286 g/mol. The molecule has 0 N–H and O–H groups in total. The summed E-state index contributed by atoms with van der Waals surface area (Å²) >= 11 is 0. The molecule has 0 saturated carbocycles. The Morgan fingerprint density at radius 2 is 2.04 bits per heavy atom. The monoisotopic (exact) mass is 301 g/mol. The lowest BCUT2D eigenvalue weighted by Crippen LogP contribution is -2.03. The number of aryl methyl sites for hydroxylation is 1. The lowest BCUT2D eigenvalue weighted by molar-refractivity contribution is 0.104. The first-order valence-corrected chi connectivity index (χ1v) is 7.04. The molecule has 0 aliphatic rings. The largest absolute Gasteiger partial charge is 0.480 e. The van der Waals surface area contributed by atoms with Gasteiger partial charge in [0.2, 0.25) is 5.78 Å². The van der Waals surface area contributed by atoms with Crippen LogP contribution in [0.25, 0.3) is 6.08 Å². The van der Waals surface area contributed by atoms with Gasteiger partial charge in [-0.15, -0.1) is 6.42 Å². The van der Waals surface area contributed by atoms with Crippen LogP contribution in [0.1, 0.15) is 21.5 Å². The second-order valence-electron chi connectivity index (χ2n) is 4.90. The molecule has 0 fully saturated rings. The normalized spacial score (nSPS) is 10.5. The Labute approximate surface area is 135 Å². The van der Waals surface area contributed by atoms with Crippen LogP contribution in [-0.4, -0.2) is 12.4 Å². The summed E-state index contributed by atoms with van der Waals surface area (Å²) in [5.74, 6) is 2.61. The Hall–Kier alpha value is -3.30. The second kappa shape index (κ2) is 7.64. The molecular formula is C20H15NO2. The molecule has 2 aromatic carbocycles. The molecule has 0 spiro atoms. The summed E-state index contributed by atoms with van der Waals surface area (Å²) in [7, 11) is 0. The minimum Gasteiger partial charge on any atom is -0.480 e. The average molecular weight is 301 g/mol. The zero-order chi connectivity index (χ0) is 16.7. The number of ketones is 1.